The standard InChI is InChI=1S/C28H26BrN3O6S/c1-4-31-27(33)26(39-28(31)30-20-8-12-22(36-3)13-9-20)15-19-14-24(37-5-2)25(16-23(19)29)38-17-18-6-10-21(11-7-18)32(34)35/h6-16H,4-5,17H2,1-3H3/b26-15+,30-28?. The number of benzene rings is 3. The van der Waals surface area contributed by atoms with Crippen LogP contribution in [0.25, 0.3) is 6.08 Å². The molecule has 0 spiro atoms. The van der Waals surface area contributed by atoms with E-state index in [1.165, 1.54) is 23.9 Å². The Bertz CT molecular complexity index is 1420. The van der Waals surface area contributed by atoms with E-state index >= 15 is 0 Å². The highest BCUT2D eigenvalue weighted by atomic mass is 79.9. The molecule has 3 aromatic carbocycles. The van der Waals surface area contributed by atoms with Crippen molar-refractivity contribution in [3.8, 4) is 17.2 Å². The number of carbonyl (C=O) groups is 1. The van der Waals surface area contributed by atoms with Crippen LogP contribution in [-0.4, -0.2) is 41.2 Å². The molecule has 39 heavy (non-hydrogen) atoms. The van der Waals surface area contributed by atoms with Crippen LogP contribution in [0.4, 0.5) is 11.4 Å². The van der Waals surface area contributed by atoms with Gasteiger partial charge in [0.15, 0.2) is 16.7 Å². The van der Waals surface area contributed by atoms with Crippen molar-refractivity contribution in [1.29, 1.82) is 0 Å². The van der Waals surface area contributed by atoms with Gasteiger partial charge in [0.2, 0.25) is 0 Å². The van der Waals surface area contributed by atoms with Gasteiger partial charge in [0.25, 0.3) is 11.6 Å². The number of carbonyl (C=O) groups excluding carboxylic acids is 1. The number of methoxy groups -OCH3 is 1. The molecule has 11 heteroatoms. The number of amides is 1. The number of non-ortho nitro benzene ring substituents is 1. The molecule has 0 bridgehead atoms. The molecule has 1 aliphatic rings. The van der Waals surface area contributed by atoms with E-state index in [1.54, 1.807) is 36.3 Å². The summed E-state index contributed by atoms with van der Waals surface area (Å²) in [5.41, 5.74) is 2.27. The van der Waals surface area contributed by atoms with Crippen LogP contribution in [-0.2, 0) is 11.4 Å². The molecule has 0 unspecified atom stereocenters. The van der Waals surface area contributed by atoms with Gasteiger partial charge in [-0.2, -0.15) is 0 Å². The lowest BCUT2D eigenvalue weighted by Gasteiger charge is -2.14. The van der Waals surface area contributed by atoms with Gasteiger partial charge in [0, 0.05) is 23.2 Å². The van der Waals surface area contributed by atoms with Crippen molar-refractivity contribution < 1.29 is 23.9 Å². The zero-order valence-electron chi connectivity index (χ0n) is 21.5. The molecule has 0 atom stereocenters. The molecule has 1 heterocycles. The first-order valence-corrected chi connectivity index (χ1v) is 13.7. The third kappa shape index (κ3) is 6.79. The van der Waals surface area contributed by atoms with Crippen LogP contribution >= 0.6 is 27.7 Å². The number of nitro groups is 1. The fourth-order valence-electron chi connectivity index (χ4n) is 3.70. The van der Waals surface area contributed by atoms with Crippen LogP contribution in [0.3, 0.4) is 0 Å². The molecule has 0 saturated carbocycles. The molecular weight excluding hydrogens is 586 g/mol. The minimum atomic E-state index is -0.441. The van der Waals surface area contributed by atoms with Gasteiger partial charge in [-0.3, -0.25) is 19.8 Å². The Labute approximate surface area is 238 Å². The van der Waals surface area contributed by atoms with Crippen LogP contribution in [0.5, 0.6) is 17.2 Å². The summed E-state index contributed by atoms with van der Waals surface area (Å²) in [6.07, 6.45) is 1.80. The predicted octanol–water partition coefficient (Wildman–Crippen LogP) is 6.97. The van der Waals surface area contributed by atoms with Crippen molar-refractivity contribution in [2.75, 3.05) is 20.3 Å². The quantitative estimate of drug-likeness (QED) is 0.138. The molecule has 1 amide bonds. The molecule has 0 aromatic heterocycles. The highest BCUT2D eigenvalue weighted by Gasteiger charge is 2.32. The fraction of sp³-hybridized carbons (Fsp3) is 0.214. The molecule has 1 fully saturated rings. The zero-order chi connectivity index (χ0) is 27.9. The Kier molecular flexibility index (Phi) is 9.26. The van der Waals surface area contributed by atoms with Gasteiger partial charge in [-0.25, -0.2) is 4.99 Å². The summed E-state index contributed by atoms with van der Waals surface area (Å²) in [5.74, 6) is 1.63. The molecule has 202 valence electrons. The van der Waals surface area contributed by atoms with Gasteiger partial charge in [-0.05, 0) is 91.3 Å². The van der Waals surface area contributed by atoms with Gasteiger partial charge >= 0.3 is 0 Å². The summed E-state index contributed by atoms with van der Waals surface area (Å²) < 4.78 is 17.7. The largest absolute Gasteiger partial charge is 0.497 e. The van der Waals surface area contributed by atoms with Gasteiger partial charge in [0.1, 0.15) is 12.4 Å². The minimum Gasteiger partial charge on any atom is -0.497 e. The lowest BCUT2D eigenvalue weighted by molar-refractivity contribution is -0.384. The Morgan fingerprint density at radius 2 is 1.74 bits per heavy atom. The Morgan fingerprint density at radius 1 is 1.05 bits per heavy atom. The summed E-state index contributed by atoms with van der Waals surface area (Å²) in [5, 5.41) is 11.5. The lowest BCUT2D eigenvalue weighted by atomic mass is 10.1. The van der Waals surface area contributed by atoms with Crippen molar-refractivity contribution in [1.82, 2.24) is 4.90 Å². The van der Waals surface area contributed by atoms with Crippen LogP contribution in [0.15, 0.2) is 75.0 Å². The number of nitrogens with zero attached hydrogens (tertiary/aromatic N) is 3. The maximum absolute atomic E-state index is 13.2. The SMILES string of the molecule is CCOc1cc(/C=C2/SC(=Nc3ccc(OC)cc3)N(CC)C2=O)c(Br)cc1OCc1ccc([N+](=O)[O-])cc1. The van der Waals surface area contributed by atoms with E-state index in [-0.39, 0.29) is 18.2 Å². The third-order valence-corrected chi connectivity index (χ3v) is 7.39. The van der Waals surface area contributed by atoms with Crippen molar-refractivity contribution >= 4 is 56.2 Å². The first kappa shape index (κ1) is 28.2. The molecule has 9 nitrogen and oxygen atoms in total. The molecular formula is C28H26BrN3O6S. The smallest absolute Gasteiger partial charge is 0.269 e. The van der Waals surface area contributed by atoms with E-state index in [4.69, 9.17) is 14.2 Å². The van der Waals surface area contributed by atoms with Crippen molar-refractivity contribution in [2.24, 2.45) is 4.99 Å². The van der Waals surface area contributed by atoms with Gasteiger partial charge in [-0.1, -0.05) is 15.9 Å². The van der Waals surface area contributed by atoms with Crippen molar-refractivity contribution in [3.05, 3.63) is 91.3 Å². The van der Waals surface area contributed by atoms with Crippen LogP contribution < -0.4 is 14.2 Å². The van der Waals surface area contributed by atoms with E-state index in [2.05, 4.69) is 20.9 Å². The number of aliphatic imine (C=N–C) groups is 1. The first-order chi connectivity index (χ1) is 18.8. The number of ether oxygens (including phenoxy) is 3. The molecule has 0 radical (unpaired) electrons. The van der Waals surface area contributed by atoms with Crippen molar-refractivity contribution in [2.45, 2.75) is 20.5 Å². The average molecular weight is 613 g/mol. The second-order valence-corrected chi connectivity index (χ2v) is 10.1. The van der Waals surface area contributed by atoms with Gasteiger partial charge in [-0.15, -0.1) is 0 Å². The normalized spacial score (nSPS) is 15.2. The monoisotopic (exact) mass is 611 g/mol. The Balaban J connectivity index is 1.57. The van der Waals surface area contributed by atoms with E-state index in [1.807, 2.05) is 44.2 Å². The topological polar surface area (TPSA) is 104 Å². The van der Waals surface area contributed by atoms with Crippen LogP contribution in [0.2, 0.25) is 0 Å². The molecule has 0 N–H and O–H groups in total. The van der Waals surface area contributed by atoms with Crippen LogP contribution in [0, 0.1) is 10.1 Å². The second-order valence-electron chi connectivity index (χ2n) is 8.22. The Morgan fingerprint density at radius 3 is 2.36 bits per heavy atom. The van der Waals surface area contributed by atoms with Gasteiger partial charge < -0.3 is 14.2 Å². The van der Waals surface area contributed by atoms with E-state index < -0.39 is 4.92 Å². The zero-order valence-corrected chi connectivity index (χ0v) is 24.0. The number of amidine groups is 1. The summed E-state index contributed by atoms with van der Waals surface area (Å²) in [6.45, 7) is 4.89. The van der Waals surface area contributed by atoms with Gasteiger partial charge in [0.05, 0.1) is 29.2 Å². The molecule has 3 aromatic rings. The number of hydrogen-bond acceptors (Lipinski definition) is 8. The predicted molar refractivity (Wildman–Crippen MR) is 156 cm³/mol. The Hall–Kier alpha value is -3.83. The molecule has 4 rings (SSSR count). The third-order valence-electron chi connectivity index (χ3n) is 5.69. The summed E-state index contributed by atoms with van der Waals surface area (Å²) >= 11 is 4.90. The number of halogens is 1. The number of likely N-dealkylation sites (N-methyl/N-ethyl adjacent to an activating group) is 1. The van der Waals surface area contributed by atoms with Crippen molar-refractivity contribution in [3.63, 3.8) is 0 Å². The average Bonchev–Trinajstić information content (AvgIpc) is 3.23. The van der Waals surface area contributed by atoms with Crippen LogP contribution in [0.1, 0.15) is 25.0 Å². The van der Waals surface area contributed by atoms with E-state index in [0.29, 0.717) is 39.2 Å². The fourth-order valence-corrected chi connectivity index (χ4v) is 5.19. The van der Waals surface area contributed by atoms with E-state index in [0.717, 1.165) is 22.6 Å². The summed E-state index contributed by atoms with van der Waals surface area (Å²) in [7, 11) is 1.61. The molecule has 0 aliphatic carbocycles. The summed E-state index contributed by atoms with van der Waals surface area (Å²) in [4.78, 5) is 30.5. The minimum absolute atomic E-state index is 0.0204. The molecule has 1 saturated heterocycles. The number of thioether (sulfide) groups is 1. The number of nitro benzene ring substituents is 1. The number of hydrogen-bond donors (Lipinski definition) is 0. The maximum atomic E-state index is 13.2. The highest BCUT2D eigenvalue weighted by Crippen LogP contribution is 2.39. The first-order valence-electron chi connectivity index (χ1n) is 12.1. The lowest BCUT2D eigenvalue weighted by Crippen LogP contribution is -2.28. The van der Waals surface area contributed by atoms with E-state index in [9.17, 15) is 14.9 Å². The maximum Gasteiger partial charge on any atom is 0.269 e. The summed E-state index contributed by atoms with van der Waals surface area (Å²) in [6, 6.07) is 17.1. The number of rotatable bonds is 10. The molecule has 1 aliphatic heterocycles. The second kappa shape index (κ2) is 12.8. The highest BCUT2D eigenvalue weighted by molar-refractivity contribution is 9.10.